The van der Waals surface area contributed by atoms with Crippen LogP contribution in [-0.4, -0.2) is 44.3 Å². The average molecular weight is 200 g/mol. The van der Waals surface area contributed by atoms with Crippen LogP contribution in [0.25, 0.3) is 0 Å². The predicted octanol–water partition coefficient (Wildman–Crippen LogP) is 0.940. The molecule has 0 aromatic carbocycles. The minimum absolute atomic E-state index is 0.735. The molecule has 0 radical (unpaired) electrons. The van der Waals surface area contributed by atoms with Gasteiger partial charge in [0.05, 0.1) is 6.61 Å². The molecule has 1 aliphatic rings. The summed E-state index contributed by atoms with van der Waals surface area (Å²) in [4.78, 5) is 2.49. The largest absolute Gasteiger partial charge is 0.380 e. The van der Waals surface area contributed by atoms with Gasteiger partial charge in [-0.15, -0.1) is 0 Å². The molecule has 84 valence electrons. The Balaban J connectivity index is 2.18. The monoisotopic (exact) mass is 200 g/mol. The molecular weight excluding hydrogens is 176 g/mol. The van der Waals surface area contributed by atoms with Crippen LogP contribution in [0.2, 0.25) is 0 Å². The van der Waals surface area contributed by atoms with Crippen molar-refractivity contribution in [2.24, 2.45) is 17.6 Å². The molecule has 0 saturated carbocycles. The molecule has 1 aliphatic heterocycles. The minimum Gasteiger partial charge on any atom is -0.380 e. The zero-order valence-electron chi connectivity index (χ0n) is 9.54. The number of ether oxygens (including phenoxy) is 1. The molecule has 1 saturated heterocycles. The highest BCUT2D eigenvalue weighted by Crippen LogP contribution is 2.21. The number of hydrogen-bond acceptors (Lipinski definition) is 3. The second kappa shape index (κ2) is 6.38. The minimum atomic E-state index is 0.735. The quantitative estimate of drug-likeness (QED) is 0.671. The maximum Gasteiger partial charge on any atom is 0.0593 e. The van der Waals surface area contributed by atoms with Gasteiger partial charge in [-0.05, 0) is 38.3 Å². The van der Waals surface area contributed by atoms with Crippen molar-refractivity contribution in [1.82, 2.24) is 4.90 Å². The molecule has 0 aromatic rings. The molecule has 0 aliphatic carbocycles. The van der Waals surface area contributed by atoms with E-state index < -0.39 is 0 Å². The van der Waals surface area contributed by atoms with Crippen LogP contribution in [0.4, 0.5) is 0 Å². The molecule has 1 heterocycles. The fourth-order valence-electron chi connectivity index (χ4n) is 2.17. The van der Waals surface area contributed by atoms with E-state index in [1.807, 2.05) is 6.92 Å². The third-order valence-corrected chi connectivity index (χ3v) is 3.23. The highest BCUT2D eigenvalue weighted by Gasteiger charge is 2.24. The van der Waals surface area contributed by atoms with Crippen LogP contribution in [0, 0.1) is 11.8 Å². The molecule has 0 aromatic heterocycles. The van der Waals surface area contributed by atoms with Crippen molar-refractivity contribution in [2.75, 3.05) is 39.4 Å². The Morgan fingerprint density at radius 2 is 2.29 bits per heavy atom. The van der Waals surface area contributed by atoms with Crippen molar-refractivity contribution in [3.63, 3.8) is 0 Å². The summed E-state index contributed by atoms with van der Waals surface area (Å²) in [7, 11) is 0. The summed E-state index contributed by atoms with van der Waals surface area (Å²) in [5.41, 5.74) is 5.72. The Morgan fingerprint density at radius 1 is 1.50 bits per heavy atom. The van der Waals surface area contributed by atoms with Crippen LogP contribution < -0.4 is 5.73 Å². The summed E-state index contributed by atoms with van der Waals surface area (Å²) in [5.74, 6) is 1.48. The lowest BCUT2D eigenvalue weighted by Crippen LogP contribution is -2.43. The van der Waals surface area contributed by atoms with E-state index in [1.54, 1.807) is 0 Å². The van der Waals surface area contributed by atoms with E-state index in [0.717, 1.165) is 38.1 Å². The maximum absolute atomic E-state index is 5.72. The lowest BCUT2D eigenvalue weighted by molar-refractivity contribution is 0.0776. The number of nitrogens with zero attached hydrogens (tertiary/aromatic N) is 1. The van der Waals surface area contributed by atoms with Crippen molar-refractivity contribution in [3.05, 3.63) is 0 Å². The van der Waals surface area contributed by atoms with Crippen LogP contribution in [0.3, 0.4) is 0 Å². The third-order valence-electron chi connectivity index (χ3n) is 3.23. The van der Waals surface area contributed by atoms with Gasteiger partial charge < -0.3 is 15.4 Å². The summed E-state index contributed by atoms with van der Waals surface area (Å²) in [6.45, 7) is 10.4. The van der Waals surface area contributed by atoms with Gasteiger partial charge in [-0.2, -0.15) is 0 Å². The first-order chi connectivity index (χ1) is 6.77. The predicted molar refractivity (Wildman–Crippen MR) is 59.3 cm³/mol. The molecule has 1 fully saturated rings. The summed E-state index contributed by atoms with van der Waals surface area (Å²) in [6, 6.07) is 0. The van der Waals surface area contributed by atoms with Gasteiger partial charge in [0.25, 0.3) is 0 Å². The van der Waals surface area contributed by atoms with E-state index in [9.17, 15) is 0 Å². The normalized spacial score (nSPS) is 29.4. The van der Waals surface area contributed by atoms with E-state index in [4.69, 9.17) is 10.5 Å². The third kappa shape index (κ3) is 3.56. The van der Waals surface area contributed by atoms with Gasteiger partial charge in [0, 0.05) is 19.7 Å². The Hall–Kier alpha value is -0.120. The van der Waals surface area contributed by atoms with Crippen LogP contribution in [-0.2, 0) is 4.74 Å². The average Bonchev–Trinajstić information content (AvgIpc) is 2.18. The molecular formula is C11H24N2O. The second-order valence-electron chi connectivity index (χ2n) is 4.26. The molecule has 0 amide bonds. The molecule has 1 rings (SSSR count). The zero-order valence-corrected chi connectivity index (χ0v) is 9.54. The first kappa shape index (κ1) is 12.0. The Kier molecular flexibility index (Phi) is 5.45. The first-order valence-electron chi connectivity index (χ1n) is 5.78. The Bertz CT molecular complexity index is 150. The van der Waals surface area contributed by atoms with Crippen molar-refractivity contribution in [1.29, 1.82) is 0 Å². The van der Waals surface area contributed by atoms with E-state index in [1.165, 1.54) is 19.5 Å². The molecule has 2 unspecified atom stereocenters. The van der Waals surface area contributed by atoms with E-state index in [2.05, 4.69) is 11.8 Å². The highest BCUT2D eigenvalue weighted by molar-refractivity contribution is 4.78. The van der Waals surface area contributed by atoms with Gasteiger partial charge in [0.15, 0.2) is 0 Å². The maximum atomic E-state index is 5.72. The molecule has 0 bridgehead atoms. The zero-order chi connectivity index (χ0) is 10.4. The van der Waals surface area contributed by atoms with Crippen molar-refractivity contribution >= 4 is 0 Å². The van der Waals surface area contributed by atoms with E-state index in [0.29, 0.717) is 0 Å². The van der Waals surface area contributed by atoms with Crippen molar-refractivity contribution in [3.8, 4) is 0 Å². The van der Waals surface area contributed by atoms with Gasteiger partial charge in [0.2, 0.25) is 0 Å². The molecule has 3 heteroatoms. The summed E-state index contributed by atoms with van der Waals surface area (Å²) < 4.78 is 5.36. The SMILES string of the molecule is CCOCCN1CCC(CN)C(C)C1. The van der Waals surface area contributed by atoms with Gasteiger partial charge in [0.1, 0.15) is 0 Å². The summed E-state index contributed by atoms with van der Waals surface area (Å²) in [6.07, 6.45) is 1.25. The molecule has 2 atom stereocenters. The summed E-state index contributed by atoms with van der Waals surface area (Å²) >= 11 is 0. The van der Waals surface area contributed by atoms with Crippen LogP contribution in [0.1, 0.15) is 20.3 Å². The number of likely N-dealkylation sites (tertiary alicyclic amines) is 1. The molecule has 14 heavy (non-hydrogen) atoms. The molecule has 3 nitrogen and oxygen atoms in total. The smallest absolute Gasteiger partial charge is 0.0593 e. The lowest BCUT2D eigenvalue weighted by Gasteiger charge is -2.36. The van der Waals surface area contributed by atoms with Crippen molar-refractivity contribution < 1.29 is 4.74 Å². The highest BCUT2D eigenvalue weighted by atomic mass is 16.5. The number of piperidine rings is 1. The second-order valence-corrected chi connectivity index (χ2v) is 4.26. The van der Waals surface area contributed by atoms with Crippen LogP contribution >= 0.6 is 0 Å². The fourth-order valence-corrected chi connectivity index (χ4v) is 2.17. The topological polar surface area (TPSA) is 38.5 Å². The number of hydrogen-bond donors (Lipinski definition) is 1. The Morgan fingerprint density at radius 3 is 2.86 bits per heavy atom. The van der Waals surface area contributed by atoms with Crippen LogP contribution in [0.5, 0.6) is 0 Å². The number of nitrogens with two attached hydrogens (primary N) is 1. The number of rotatable bonds is 5. The van der Waals surface area contributed by atoms with Gasteiger partial charge >= 0.3 is 0 Å². The summed E-state index contributed by atoms with van der Waals surface area (Å²) in [5, 5.41) is 0. The van der Waals surface area contributed by atoms with Gasteiger partial charge in [-0.1, -0.05) is 6.92 Å². The Labute approximate surface area is 87.6 Å². The molecule has 2 N–H and O–H groups in total. The van der Waals surface area contributed by atoms with Crippen molar-refractivity contribution in [2.45, 2.75) is 20.3 Å². The fraction of sp³-hybridized carbons (Fsp3) is 1.00. The van der Waals surface area contributed by atoms with Crippen LogP contribution in [0.15, 0.2) is 0 Å². The van der Waals surface area contributed by atoms with E-state index >= 15 is 0 Å². The van der Waals surface area contributed by atoms with Gasteiger partial charge in [-0.3, -0.25) is 0 Å². The lowest BCUT2D eigenvalue weighted by atomic mass is 9.87. The first-order valence-corrected chi connectivity index (χ1v) is 5.78. The van der Waals surface area contributed by atoms with E-state index in [-0.39, 0.29) is 0 Å². The molecule has 0 spiro atoms. The standard InChI is InChI=1S/C11H24N2O/c1-3-14-7-6-13-5-4-11(8-12)10(2)9-13/h10-11H,3-9,12H2,1-2H3. The van der Waals surface area contributed by atoms with Gasteiger partial charge in [-0.25, -0.2) is 0 Å².